The Morgan fingerprint density at radius 2 is 2.26 bits per heavy atom. The number of carbonyl (C=O) groups excluding carboxylic acids is 1. The lowest BCUT2D eigenvalue weighted by atomic mass is 9.80. The number of nitrogens with one attached hydrogen (secondary N) is 1. The van der Waals surface area contributed by atoms with E-state index in [1.807, 2.05) is 17.5 Å². The minimum absolute atomic E-state index is 0.109. The highest BCUT2D eigenvalue weighted by molar-refractivity contribution is 7.99. The van der Waals surface area contributed by atoms with Crippen molar-refractivity contribution in [1.29, 1.82) is 0 Å². The number of H-pyrrole nitrogens is 1. The molecule has 27 heavy (non-hydrogen) atoms. The van der Waals surface area contributed by atoms with E-state index in [0.717, 1.165) is 4.88 Å². The summed E-state index contributed by atoms with van der Waals surface area (Å²) in [5.41, 5.74) is 0.682. The van der Waals surface area contributed by atoms with Crippen molar-refractivity contribution in [3.8, 4) is 0 Å². The lowest BCUT2D eigenvalue weighted by Gasteiger charge is -2.29. The average Bonchev–Trinajstić information content (AvgIpc) is 3.17. The molecule has 2 atom stereocenters. The third kappa shape index (κ3) is 3.96. The first-order chi connectivity index (χ1) is 13.1. The number of thioether (sulfide) groups is 1. The van der Waals surface area contributed by atoms with Gasteiger partial charge >= 0.3 is 5.97 Å². The minimum Gasteiger partial charge on any atom is -0.461 e. The van der Waals surface area contributed by atoms with Gasteiger partial charge in [-0.3, -0.25) is 9.59 Å². The summed E-state index contributed by atoms with van der Waals surface area (Å²) in [4.78, 5) is 38.2. The number of ether oxygens (including phenoxy) is 1. The van der Waals surface area contributed by atoms with E-state index in [1.54, 1.807) is 13.0 Å². The second kappa shape index (κ2) is 8.49. The fourth-order valence-corrected chi connectivity index (χ4v) is 4.44. The molecule has 1 aliphatic heterocycles. The Hall–Kier alpha value is -2.45. The molecule has 1 aliphatic rings. The minimum atomic E-state index is -0.675. The smallest absolute Gasteiger partial charge is 0.315 e. The van der Waals surface area contributed by atoms with Crippen molar-refractivity contribution in [3.63, 3.8) is 0 Å². The van der Waals surface area contributed by atoms with Crippen LogP contribution in [0.3, 0.4) is 0 Å². The Labute approximate surface area is 165 Å². The highest BCUT2D eigenvalue weighted by atomic mass is 32.2. The maximum Gasteiger partial charge on any atom is 0.315 e. The number of aromatic nitrogens is 2. The molecule has 1 N–H and O–H groups in total. The summed E-state index contributed by atoms with van der Waals surface area (Å²) in [6, 6.07) is 3.80. The number of aromatic amines is 1. The van der Waals surface area contributed by atoms with E-state index >= 15 is 0 Å². The van der Waals surface area contributed by atoms with E-state index in [-0.39, 0.29) is 12.2 Å². The van der Waals surface area contributed by atoms with Gasteiger partial charge in [-0.25, -0.2) is 9.98 Å². The van der Waals surface area contributed by atoms with Crippen LogP contribution in [0.1, 0.15) is 23.3 Å². The Morgan fingerprint density at radius 1 is 1.44 bits per heavy atom. The molecule has 0 aliphatic carbocycles. The largest absolute Gasteiger partial charge is 0.461 e. The van der Waals surface area contributed by atoms with Crippen molar-refractivity contribution < 1.29 is 9.53 Å². The summed E-state index contributed by atoms with van der Waals surface area (Å²) in [6.45, 7) is 9.12. The van der Waals surface area contributed by atoms with Crippen LogP contribution in [0.15, 0.2) is 57.8 Å². The third-order valence-corrected chi connectivity index (χ3v) is 5.90. The molecule has 0 amide bonds. The number of carbonyl (C=O) groups is 1. The normalized spacial score (nSPS) is 18.3. The standard InChI is InChI=1S/C19H19N3O3S2/c1-4-8-25-18(24)13-11(3)20-16-15(14(13)12-7-6-10-26-12)17(23)22-19(21-16)27-9-5-2/h4-7,10,13-14H,1-2,8-9H2,3H3,(H,21,22,23). The van der Waals surface area contributed by atoms with Crippen LogP contribution >= 0.6 is 23.1 Å². The molecule has 3 rings (SSSR count). The quantitative estimate of drug-likeness (QED) is 0.331. The van der Waals surface area contributed by atoms with Gasteiger partial charge in [0.1, 0.15) is 12.5 Å². The summed E-state index contributed by atoms with van der Waals surface area (Å²) in [6.07, 6.45) is 3.25. The van der Waals surface area contributed by atoms with Crippen LogP contribution in [0.25, 0.3) is 0 Å². The first-order valence-electron chi connectivity index (χ1n) is 8.30. The van der Waals surface area contributed by atoms with Gasteiger partial charge < -0.3 is 9.72 Å². The van der Waals surface area contributed by atoms with Crippen LogP contribution in [0.4, 0.5) is 5.82 Å². The molecule has 2 unspecified atom stereocenters. The number of hydrogen-bond donors (Lipinski definition) is 1. The first-order valence-corrected chi connectivity index (χ1v) is 10.2. The van der Waals surface area contributed by atoms with Crippen LogP contribution in [-0.4, -0.2) is 34.0 Å². The Balaban J connectivity index is 2.12. The molecule has 6 nitrogen and oxygen atoms in total. The highest BCUT2D eigenvalue weighted by Crippen LogP contribution is 2.42. The molecule has 3 heterocycles. The highest BCUT2D eigenvalue weighted by Gasteiger charge is 2.41. The van der Waals surface area contributed by atoms with Crippen LogP contribution in [0.2, 0.25) is 0 Å². The number of aliphatic imine (C=N–C) groups is 1. The molecule has 0 radical (unpaired) electrons. The second-order valence-corrected chi connectivity index (χ2v) is 7.84. The van der Waals surface area contributed by atoms with Crippen molar-refractivity contribution >= 4 is 40.6 Å². The Kier molecular flexibility index (Phi) is 6.08. The molecule has 0 fully saturated rings. The Bertz CT molecular complexity index is 948. The summed E-state index contributed by atoms with van der Waals surface area (Å²) in [7, 11) is 0. The van der Waals surface area contributed by atoms with E-state index in [2.05, 4.69) is 28.1 Å². The molecule has 0 spiro atoms. The molecule has 0 aromatic carbocycles. The van der Waals surface area contributed by atoms with Crippen LogP contribution in [0, 0.1) is 5.92 Å². The fourth-order valence-electron chi connectivity index (χ4n) is 2.98. The van der Waals surface area contributed by atoms with Crippen LogP contribution in [-0.2, 0) is 9.53 Å². The summed E-state index contributed by atoms with van der Waals surface area (Å²) < 4.78 is 5.28. The van der Waals surface area contributed by atoms with Crippen molar-refractivity contribution in [2.24, 2.45) is 10.9 Å². The van der Waals surface area contributed by atoms with Gasteiger partial charge in [0.2, 0.25) is 0 Å². The topological polar surface area (TPSA) is 84.4 Å². The SMILES string of the molecule is C=CCOC(=O)C1C(C)=Nc2nc(SCC=C)[nH]c(=O)c2C1c1cccs1. The van der Waals surface area contributed by atoms with Gasteiger partial charge in [-0.05, 0) is 18.4 Å². The predicted molar refractivity (Wildman–Crippen MR) is 109 cm³/mol. The predicted octanol–water partition coefficient (Wildman–Crippen LogP) is 3.69. The van der Waals surface area contributed by atoms with E-state index in [9.17, 15) is 9.59 Å². The zero-order valence-corrected chi connectivity index (χ0v) is 16.4. The molecular weight excluding hydrogens is 382 g/mol. The van der Waals surface area contributed by atoms with Gasteiger partial charge in [0.25, 0.3) is 5.56 Å². The van der Waals surface area contributed by atoms with Crippen LogP contribution in [0.5, 0.6) is 0 Å². The van der Waals surface area contributed by atoms with Crippen molar-refractivity contribution in [3.05, 3.63) is 63.6 Å². The maximum atomic E-state index is 12.9. The number of fused-ring (bicyclic) bond motifs is 1. The zero-order chi connectivity index (χ0) is 19.4. The number of nitrogens with zero attached hydrogens (tertiary/aromatic N) is 2. The summed E-state index contributed by atoms with van der Waals surface area (Å²) in [5, 5.41) is 2.39. The molecule has 0 saturated carbocycles. The van der Waals surface area contributed by atoms with Gasteiger partial charge in [0.05, 0.1) is 5.56 Å². The lowest BCUT2D eigenvalue weighted by molar-refractivity contribution is -0.145. The van der Waals surface area contributed by atoms with E-state index in [4.69, 9.17) is 4.74 Å². The number of thiophene rings is 1. The molecule has 2 aromatic heterocycles. The first kappa shape index (κ1) is 19.3. The van der Waals surface area contributed by atoms with Gasteiger partial charge in [-0.2, -0.15) is 0 Å². The van der Waals surface area contributed by atoms with Gasteiger partial charge in [-0.15, -0.1) is 17.9 Å². The van der Waals surface area contributed by atoms with E-state index < -0.39 is 17.8 Å². The molecule has 0 saturated heterocycles. The van der Waals surface area contributed by atoms with Crippen molar-refractivity contribution in [2.45, 2.75) is 18.0 Å². The molecule has 2 aromatic rings. The Morgan fingerprint density at radius 3 is 2.93 bits per heavy atom. The molecular formula is C19H19N3O3S2. The van der Waals surface area contributed by atoms with Gasteiger partial charge in [-0.1, -0.05) is 36.6 Å². The average molecular weight is 402 g/mol. The number of hydrogen-bond acceptors (Lipinski definition) is 7. The number of rotatable bonds is 7. The van der Waals surface area contributed by atoms with E-state index in [1.165, 1.54) is 29.2 Å². The summed E-state index contributed by atoms with van der Waals surface area (Å²) >= 11 is 2.86. The second-order valence-electron chi connectivity index (χ2n) is 5.85. The third-order valence-electron chi connectivity index (χ3n) is 4.08. The van der Waals surface area contributed by atoms with Gasteiger partial charge in [0, 0.05) is 22.3 Å². The fraction of sp³-hybridized carbons (Fsp3) is 0.263. The maximum absolute atomic E-state index is 12.9. The lowest BCUT2D eigenvalue weighted by Crippen LogP contribution is -2.36. The van der Waals surface area contributed by atoms with E-state index in [0.29, 0.717) is 28.0 Å². The van der Waals surface area contributed by atoms with Crippen molar-refractivity contribution in [2.75, 3.05) is 12.4 Å². The monoisotopic (exact) mass is 401 g/mol. The number of esters is 1. The zero-order valence-electron chi connectivity index (χ0n) is 14.8. The molecule has 140 valence electrons. The van der Waals surface area contributed by atoms with Crippen molar-refractivity contribution in [1.82, 2.24) is 9.97 Å². The van der Waals surface area contributed by atoms with Crippen LogP contribution < -0.4 is 5.56 Å². The molecule has 8 heteroatoms. The molecule has 0 bridgehead atoms. The van der Waals surface area contributed by atoms with Gasteiger partial charge in [0.15, 0.2) is 11.0 Å². The summed E-state index contributed by atoms with van der Waals surface area (Å²) in [5.74, 6) is -0.608.